The third kappa shape index (κ3) is 4.12. The van der Waals surface area contributed by atoms with Crippen LogP contribution in [0.15, 0.2) is 0 Å². The van der Waals surface area contributed by atoms with Crippen LogP contribution in [0.3, 0.4) is 0 Å². The van der Waals surface area contributed by atoms with Crippen LogP contribution in [0.4, 0.5) is 0 Å². The van der Waals surface area contributed by atoms with Crippen LogP contribution in [-0.2, 0) is 4.74 Å². The van der Waals surface area contributed by atoms with E-state index in [0.717, 1.165) is 6.61 Å². The topological polar surface area (TPSA) is 35.2 Å². The minimum atomic E-state index is 0.0280. The zero-order chi connectivity index (χ0) is 11.1. The van der Waals surface area contributed by atoms with Gasteiger partial charge in [-0.15, -0.1) is 0 Å². The number of ether oxygens (including phenoxy) is 1. The van der Waals surface area contributed by atoms with Crippen LogP contribution in [0, 0.1) is 5.92 Å². The molecule has 15 heavy (non-hydrogen) atoms. The summed E-state index contributed by atoms with van der Waals surface area (Å²) in [7, 11) is 0. The van der Waals surface area contributed by atoms with Gasteiger partial charge in [-0.1, -0.05) is 39.5 Å². The van der Waals surface area contributed by atoms with E-state index < -0.39 is 0 Å². The van der Waals surface area contributed by atoms with E-state index in [9.17, 15) is 0 Å². The molecule has 1 saturated carbocycles. The van der Waals surface area contributed by atoms with Gasteiger partial charge in [-0.25, -0.2) is 0 Å². The van der Waals surface area contributed by atoms with Gasteiger partial charge in [-0.3, -0.25) is 0 Å². The number of nitrogens with two attached hydrogens (primary N) is 1. The Morgan fingerprint density at radius 1 is 1.27 bits per heavy atom. The summed E-state index contributed by atoms with van der Waals surface area (Å²) in [6.07, 6.45) is 8.79. The lowest BCUT2D eigenvalue weighted by Gasteiger charge is -2.37. The molecule has 1 atom stereocenters. The van der Waals surface area contributed by atoms with Crippen molar-refractivity contribution < 1.29 is 4.74 Å². The van der Waals surface area contributed by atoms with Crippen molar-refractivity contribution in [1.82, 2.24) is 0 Å². The van der Waals surface area contributed by atoms with Crippen molar-refractivity contribution in [2.24, 2.45) is 11.7 Å². The Labute approximate surface area is 94.6 Å². The first kappa shape index (κ1) is 13.0. The SMILES string of the molecule is CCCC(C)COC1(CN)CCCCC1. The van der Waals surface area contributed by atoms with Gasteiger partial charge in [0, 0.05) is 13.2 Å². The summed E-state index contributed by atoms with van der Waals surface area (Å²) < 4.78 is 6.11. The molecule has 0 radical (unpaired) electrons. The maximum Gasteiger partial charge on any atom is 0.0804 e. The summed E-state index contributed by atoms with van der Waals surface area (Å²) in [5.74, 6) is 0.681. The van der Waals surface area contributed by atoms with E-state index in [0.29, 0.717) is 12.5 Å². The molecule has 0 aromatic heterocycles. The Bertz CT molecular complexity index is 164. The third-order valence-corrected chi connectivity index (χ3v) is 3.59. The summed E-state index contributed by atoms with van der Waals surface area (Å²) >= 11 is 0. The van der Waals surface area contributed by atoms with Gasteiger partial charge >= 0.3 is 0 Å². The Hall–Kier alpha value is -0.0800. The molecule has 2 nitrogen and oxygen atoms in total. The minimum Gasteiger partial charge on any atom is -0.373 e. The van der Waals surface area contributed by atoms with Gasteiger partial charge in [-0.2, -0.15) is 0 Å². The van der Waals surface area contributed by atoms with Crippen LogP contribution in [0.2, 0.25) is 0 Å². The first-order valence-electron chi connectivity index (χ1n) is 6.56. The molecule has 90 valence electrons. The minimum absolute atomic E-state index is 0.0280. The van der Waals surface area contributed by atoms with Crippen LogP contribution < -0.4 is 5.73 Å². The fourth-order valence-electron chi connectivity index (χ4n) is 2.50. The summed E-state index contributed by atoms with van der Waals surface area (Å²) in [6, 6.07) is 0. The van der Waals surface area contributed by atoms with E-state index in [1.54, 1.807) is 0 Å². The molecular weight excluding hydrogens is 186 g/mol. The van der Waals surface area contributed by atoms with Crippen LogP contribution in [0.5, 0.6) is 0 Å². The zero-order valence-corrected chi connectivity index (χ0v) is 10.4. The number of rotatable bonds is 6. The highest BCUT2D eigenvalue weighted by molar-refractivity contribution is 4.85. The monoisotopic (exact) mass is 213 g/mol. The fraction of sp³-hybridized carbons (Fsp3) is 1.00. The molecule has 0 aromatic carbocycles. The van der Waals surface area contributed by atoms with E-state index >= 15 is 0 Å². The van der Waals surface area contributed by atoms with E-state index in [-0.39, 0.29) is 5.60 Å². The normalized spacial score (nSPS) is 22.6. The molecule has 1 aliphatic carbocycles. The van der Waals surface area contributed by atoms with Crippen molar-refractivity contribution in [2.75, 3.05) is 13.2 Å². The second-order valence-corrected chi connectivity index (χ2v) is 5.15. The van der Waals surface area contributed by atoms with E-state index in [4.69, 9.17) is 10.5 Å². The molecule has 1 aliphatic rings. The first-order valence-corrected chi connectivity index (χ1v) is 6.56. The lowest BCUT2D eigenvalue weighted by Crippen LogP contribution is -2.43. The molecule has 1 fully saturated rings. The van der Waals surface area contributed by atoms with E-state index in [2.05, 4.69) is 13.8 Å². The van der Waals surface area contributed by atoms with Crippen LogP contribution in [-0.4, -0.2) is 18.8 Å². The van der Waals surface area contributed by atoms with Gasteiger partial charge in [-0.05, 0) is 25.2 Å². The fourth-order valence-corrected chi connectivity index (χ4v) is 2.50. The largest absolute Gasteiger partial charge is 0.373 e. The molecule has 0 heterocycles. The molecule has 2 heteroatoms. The predicted octanol–water partition coefficient (Wildman–Crippen LogP) is 3.10. The maximum absolute atomic E-state index is 6.11. The Kier molecular flexibility index (Phi) is 5.62. The highest BCUT2D eigenvalue weighted by Gasteiger charge is 2.31. The quantitative estimate of drug-likeness (QED) is 0.736. The number of hydrogen-bond acceptors (Lipinski definition) is 2. The van der Waals surface area contributed by atoms with Crippen molar-refractivity contribution in [3.05, 3.63) is 0 Å². The molecule has 1 rings (SSSR count). The molecule has 0 spiro atoms. The van der Waals surface area contributed by atoms with Crippen LogP contribution >= 0.6 is 0 Å². The standard InChI is InChI=1S/C13H27NO/c1-3-7-12(2)10-15-13(11-14)8-5-4-6-9-13/h12H,3-11,14H2,1-2H3. The molecular formula is C13H27NO. The molecule has 0 aromatic rings. The number of hydrogen-bond donors (Lipinski definition) is 1. The average Bonchev–Trinajstić information content (AvgIpc) is 2.28. The van der Waals surface area contributed by atoms with Gasteiger partial charge in [0.2, 0.25) is 0 Å². The molecule has 0 bridgehead atoms. The van der Waals surface area contributed by atoms with Crippen molar-refractivity contribution in [1.29, 1.82) is 0 Å². The molecule has 0 saturated heterocycles. The second-order valence-electron chi connectivity index (χ2n) is 5.15. The molecule has 0 aliphatic heterocycles. The highest BCUT2D eigenvalue weighted by atomic mass is 16.5. The van der Waals surface area contributed by atoms with Crippen molar-refractivity contribution in [3.63, 3.8) is 0 Å². The molecule has 0 amide bonds. The summed E-state index contributed by atoms with van der Waals surface area (Å²) in [5, 5.41) is 0. The first-order chi connectivity index (χ1) is 7.22. The van der Waals surface area contributed by atoms with Crippen LogP contribution in [0.1, 0.15) is 58.8 Å². The Balaban J connectivity index is 2.32. The van der Waals surface area contributed by atoms with E-state index in [1.807, 2.05) is 0 Å². The van der Waals surface area contributed by atoms with Gasteiger partial charge in [0.15, 0.2) is 0 Å². The van der Waals surface area contributed by atoms with Crippen molar-refractivity contribution in [3.8, 4) is 0 Å². The lowest BCUT2D eigenvalue weighted by atomic mass is 9.84. The molecule has 2 N–H and O–H groups in total. The third-order valence-electron chi connectivity index (χ3n) is 3.59. The van der Waals surface area contributed by atoms with Crippen LogP contribution in [0.25, 0.3) is 0 Å². The summed E-state index contributed by atoms with van der Waals surface area (Å²) in [5.41, 5.74) is 5.90. The van der Waals surface area contributed by atoms with Crippen molar-refractivity contribution in [2.45, 2.75) is 64.4 Å². The van der Waals surface area contributed by atoms with Gasteiger partial charge in [0.25, 0.3) is 0 Å². The van der Waals surface area contributed by atoms with Gasteiger partial charge in [0.1, 0.15) is 0 Å². The highest BCUT2D eigenvalue weighted by Crippen LogP contribution is 2.31. The van der Waals surface area contributed by atoms with E-state index in [1.165, 1.54) is 44.9 Å². The van der Waals surface area contributed by atoms with Gasteiger partial charge in [0.05, 0.1) is 5.60 Å². The van der Waals surface area contributed by atoms with Crippen molar-refractivity contribution >= 4 is 0 Å². The lowest BCUT2D eigenvalue weighted by molar-refractivity contribution is -0.0756. The zero-order valence-electron chi connectivity index (χ0n) is 10.4. The predicted molar refractivity (Wildman–Crippen MR) is 64.9 cm³/mol. The van der Waals surface area contributed by atoms with Gasteiger partial charge < -0.3 is 10.5 Å². The summed E-state index contributed by atoms with van der Waals surface area (Å²) in [6.45, 7) is 6.10. The second kappa shape index (κ2) is 6.49. The molecule has 1 unspecified atom stereocenters. The maximum atomic E-state index is 6.11. The average molecular weight is 213 g/mol. The smallest absolute Gasteiger partial charge is 0.0804 e. The Morgan fingerprint density at radius 3 is 2.47 bits per heavy atom. The summed E-state index contributed by atoms with van der Waals surface area (Å²) in [4.78, 5) is 0. The Morgan fingerprint density at radius 2 is 1.93 bits per heavy atom.